The van der Waals surface area contributed by atoms with E-state index in [-0.39, 0.29) is 0 Å². The molecule has 0 saturated heterocycles. The van der Waals surface area contributed by atoms with Crippen molar-refractivity contribution >= 4 is 65.4 Å². The van der Waals surface area contributed by atoms with E-state index in [4.69, 9.17) is 0 Å². The SMILES string of the molecule is c1ccc(-c2ccc(-c3cccc(-n4c5ccccc5c5cccc(-n6c7ccccc7c7c(-n8c9ccccc9c9ccccc98)cccc76)c54)c3)cc2)cc1. The van der Waals surface area contributed by atoms with Gasteiger partial charge < -0.3 is 13.7 Å². The van der Waals surface area contributed by atoms with Crippen molar-refractivity contribution in [2.24, 2.45) is 0 Å². The second-order valence-electron chi connectivity index (χ2n) is 14.9. The van der Waals surface area contributed by atoms with Crippen LogP contribution in [0.5, 0.6) is 0 Å². The van der Waals surface area contributed by atoms with Gasteiger partial charge in [0.1, 0.15) is 0 Å². The molecule has 9 aromatic carbocycles. The van der Waals surface area contributed by atoms with E-state index in [1.807, 2.05) is 0 Å². The summed E-state index contributed by atoms with van der Waals surface area (Å²) in [6.07, 6.45) is 0. The van der Waals surface area contributed by atoms with Gasteiger partial charge in [0, 0.05) is 38.0 Å². The third-order valence-electron chi connectivity index (χ3n) is 11.8. The summed E-state index contributed by atoms with van der Waals surface area (Å²) in [5.74, 6) is 0. The lowest BCUT2D eigenvalue weighted by Gasteiger charge is -2.15. The fourth-order valence-electron chi connectivity index (χ4n) is 9.39. The van der Waals surface area contributed by atoms with Crippen LogP contribution < -0.4 is 0 Å². The van der Waals surface area contributed by atoms with Crippen molar-refractivity contribution in [3.8, 4) is 39.3 Å². The summed E-state index contributed by atoms with van der Waals surface area (Å²) < 4.78 is 7.42. The highest BCUT2D eigenvalue weighted by Crippen LogP contribution is 2.43. The molecule has 3 aromatic heterocycles. The van der Waals surface area contributed by atoms with E-state index in [2.05, 4.69) is 226 Å². The maximum absolute atomic E-state index is 2.49. The molecule has 3 heteroatoms. The van der Waals surface area contributed by atoms with Crippen LogP contribution in [0, 0.1) is 0 Å². The molecule has 0 fully saturated rings. The summed E-state index contributed by atoms with van der Waals surface area (Å²) >= 11 is 0. The topological polar surface area (TPSA) is 14.8 Å². The minimum absolute atomic E-state index is 1.13. The van der Waals surface area contributed by atoms with Gasteiger partial charge >= 0.3 is 0 Å². The van der Waals surface area contributed by atoms with E-state index >= 15 is 0 Å². The molecule has 3 heterocycles. The Morgan fingerprint density at radius 2 is 0.667 bits per heavy atom. The van der Waals surface area contributed by atoms with Gasteiger partial charge in [0.25, 0.3) is 0 Å². The van der Waals surface area contributed by atoms with Gasteiger partial charge in [0.15, 0.2) is 0 Å². The molecule has 0 saturated carbocycles. The molecular formula is C54H35N3. The Balaban J connectivity index is 1.12. The van der Waals surface area contributed by atoms with Crippen LogP contribution in [0.15, 0.2) is 212 Å². The fraction of sp³-hybridized carbons (Fsp3) is 0. The number of nitrogens with zero attached hydrogens (tertiary/aromatic N) is 3. The van der Waals surface area contributed by atoms with Crippen molar-refractivity contribution in [3.63, 3.8) is 0 Å². The summed E-state index contributed by atoms with van der Waals surface area (Å²) in [4.78, 5) is 0. The van der Waals surface area contributed by atoms with Crippen molar-refractivity contribution in [2.45, 2.75) is 0 Å². The molecular weight excluding hydrogens is 691 g/mol. The summed E-state index contributed by atoms with van der Waals surface area (Å²) in [5.41, 5.74) is 15.4. The molecule has 0 spiro atoms. The third kappa shape index (κ3) is 4.73. The Morgan fingerprint density at radius 3 is 1.35 bits per heavy atom. The fourth-order valence-corrected chi connectivity index (χ4v) is 9.39. The second-order valence-corrected chi connectivity index (χ2v) is 14.9. The van der Waals surface area contributed by atoms with E-state index in [1.165, 1.54) is 93.4 Å². The minimum atomic E-state index is 1.13. The molecule has 57 heavy (non-hydrogen) atoms. The highest BCUT2D eigenvalue weighted by molar-refractivity contribution is 6.18. The summed E-state index contributed by atoms with van der Waals surface area (Å²) in [6.45, 7) is 0. The van der Waals surface area contributed by atoms with Crippen LogP contribution in [-0.2, 0) is 0 Å². The Labute approximate surface area is 329 Å². The van der Waals surface area contributed by atoms with E-state index < -0.39 is 0 Å². The van der Waals surface area contributed by atoms with Crippen LogP contribution in [-0.4, -0.2) is 13.7 Å². The number of fused-ring (bicyclic) bond motifs is 9. The number of aromatic nitrogens is 3. The predicted molar refractivity (Wildman–Crippen MR) is 240 cm³/mol. The molecule has 0 N–H and O–H groups in total. The van der Waals surface area contributed by atoms with Crippen LogP contribution in [0.25, 0.3) is 105 Å². The first-order valence-electron chi connectivity index (χ1n) is 19.6. The Kier molecular flexibility index (Phi) is 6.93. The van der Waals surface area contributed by atoms with Crippen molar-refractivity contribution < 1.29 is 0 Å². The first-order valence-corrected chi connectivity index (χ1v) is 19.6. The second kappa shape index (κ2) is 12.5. The zero-order valence-electron chi connectivity index (χ0n) is 31.0. The molecule has 0 amide bonds. The van der Waals surface area contributed by atoms with Crippen molar-refractivity contribution in [1.82, 2.24) is 13.7 Å². The number of benzene rings is 9. The largest absolute Gasteiger partial charge is 0.309 e. The van der Waals surface area contributed by atoms with Crippen LogP contribution in [0.2, 0.25) is 0 Å². The van der Waals surface area contributed by atoms with Crippen LogP contribution in [0.3, 0.4) is 0 Å². The molecule has 0 atom stereocenters. The van der Waals surface area contributed by atoms with Gasteiger partial charge in [-0.3, -0.25) is 0 Å². The van der Waals surface area contributed by atoms with Crippen molar-refractivity contribution in [1.29, 1.82) is 0 Å². The van der Waals surface area contributed by atoms with Crippen LogP contribution in [0.4, 0.5) is 0 Å². The van der Waals surface area contributed by atoms with Gasteiger partial charge in [0.2, 0.25) is 0 Å². The molecule has 0 aliphatic heterocycles. The van der Waals surface area contributed by atoms with Gasteiger partial charge in [-0.25, -0.2) is 0 Å². The van der Waals surface area contributed by atoms with Gasteiger partial charge in [-0.2, -0.15) is 0 Å². The smallest absolute Gasteiger partial charge is 0.0782 e. The summed E-state index contributed by atoms with van der Waals surface area (Å²) in [6, 6.07) is 77.4. The maximum Gasteiger partial charge on any atom is 0.0782 e. The monoisotopic (exact) mass is 725 g/mol. The molecule has 0 aliphatic carbocycles. The lowest BCUT2D eigenvalue weighted by molar-refractivity contribution is 1.13. The average Bonchev–Trinajstić information content (AvgIpc) is 3.93. The lowest BCUT2D eigenvalue weighted by atomic mass is 10.00. The van der Waals surface area contributed by atoms with Crippen molar-refractivity contribution in [2.75, 3.05) is 0 Å². The molecule has 0 unspecified atom stereocenters. The quantitative estimate of drug-likeness (QED) is 0.168. The highest BCUT2D eigenvalue weighted by Gasteiger charge is 2.23. The Morgan fingerprint density at radius 1 is 0.246 bits per heavy atom. The lowest BCUT2D eigenvalue weighted by Crippen LogP contribution is -2.01. The van der Waals surface area contributed by atoms with Crippen molar-refractivity contribution in [3.05, 3.63) is 212 Å². The minimum Gasteiger partial charge on any atom is -0.309 e. The molecule has 12 aromatic rings. The Bertz CT molecular complexity index is 3450. The standard InChI is InChI=1S/C54H35N3/c1-2-15-36(16-3-1)37-31-33-38(34-32-37)39-17-12-18-40(35-39)55-46-24-8-6-21-43(46)44-23-13-30-52(54(44)55)57-49-27-11-7-22-45(49)53-50(28-14-29-51(53)57)56-47-25-9-4-19-41(47)42-20-5-10-26-48(42)56/h1-35H. The number of rotatable bonds is 5. The highest BCUT2D eigenvalue weighted by atomic mass is 15.1. The molecule has 266 valence electrons. The van der Waals surface area contributed by atoms with Gasteiger partial charge in [0.05, 0.1) is 44.5 Å². The molecule has 3 nitrogen and oxygen atoms in total. The van der Waals surface area contributed by atoms with Crippen LogP contribution >= 0.6 is 0 Å². The first-order chi connectivity index (χ1) is 28.3. The van der Waals surface area contributed by atoms with Gasteiger partial charge in [-0.15, -0.1) is 0 Å². The summed E-state index contributed by atoms with van der Waals surface area (Å²) in [7, 11) is 0. The maximum atomic E-state index is 2.49. The summed E-state index contributed by atoms with van der Waals surface area (Å²) in [5, 5.41) is 7.45. The van der Waals surface area contributed by atoms with E-state index in [0.29, 0.717) is 0 Å². The number of hydrogen-bond acceptors (Lipinski definition) is 0. The normalized spacial score (nSPS) is 11.9. The molecule has 0 radical (unpaired) electrons. The average molecular weight is 726 g/mol. The van der Waals surface area contributed by atoms with Crippen LogP contribution in [0.1, 0.15) is 0 Å². The predicted octanol–water partition coefficient (Wildman–Crippen LogP) is 14.3. The van der Waals surface area contributed by atoms with Gasteiger partial charge in [-0.1, -0.05) is 158 Å². The number of para-hydroxylation sites is 5. The third-order valence-corrected chi connectivity index (χ3v) is 11.8. The zero-order chi connectivity index (χ0) is 37.5. The van der Waals surface area contributed by atoms with E-state index in [1.54, 1.807) is 0 Å². The number of hydrogen-bond donors (Lipinski definition) is 0. The molecule has 0 aliphatic rings. The molecule has 12 rings (SSSR count). The van der Waals surface area contributed by atoms with Gasteiger partial charge in [-0.05, 0) is 76.9 Å². The van der Waals surface area contributed by atoms with E-state index in [9.17, 15) is 0 Å². The first kappa shape index (κ1) is 31.7. The molecule has 0 bridgehead atoms. The van der Waals surface area contributed by atoms with E-state index in [0.717, 1.165) is 11.4 Å². The Hall–Kier alpha value is -7.62. The zero-order valence-corrected chi connectivity index (χ0v) is 31.0.